The Labute approximate surface area is 79.2 Å². The molecule has 14 heavy (non-hydrogen) atoms. The molecule has 0 spiro atoms. The lowest BCUT2D eigenvalue weighted by Crippen LogP contribution is -2.35. The molecule has 0 aliphatic rings. The average molecular weight is 204 g/mol. The van der Waals surface area contributed by atoms with Crippen LogP contribution in [0, 0.1) is 5.41 Å². The minimum absolute atomic E-state index is 0.218. The Bertz CT molecular complexity index is 214. The summed E-state index contributed by atoms with van der Waals surface area (Å²) in [5.41, 5.74) is 6.53. The maximum Gasteiger partial charge on any atom is 0.503 e. The number of hydrogen-bond acceptors (Lipinski definition) is 4. The molecule has 9 nitrogen and oxygen atoms in total. The third kappa shape index (κ3) is 33.2. The fourth-order valence-corrected chi connectivity index (χ4v) is 0.215. The Hall–Kier alpha value is -2.29. The van der Waals surface area contributed by atoms with Gasteiger partial charge in [-0.2, -0.15) is 0 Å². The SMILES string of the molecule is N=C(N)NN.O=C(O)O.c1c[nH]cn1. The van der Waals surface area contributed by atoms with Gasteiger partial charge in [0.2, 0.25) is 0 Å². The van der Waals surface area contributed by atoms with Crippen LogP contribution < -0.4 is 17.0 Å². The van der Waals surface area contributed by atoms with Gasteiger partial charge in [-0.25, -0.2) is 15.6 Å². The number of guanidine groups is 1. The quantitative estimate of drug-likeness (QED) is 0.122. The second-order valence-corrected chi connectivity index (χ2v) is 1.60. The summed E-state index contributed by atoms with van der Waals surface area (Å²) in [6, 6.07) is 0. The normalized spacial score (nSPS) is 6.93. The fraction of sp³-hybridized carbons (Fsp3) is 0. The standard InChI is InChI=1S/C3H4N2.CH6N4.CH2O3/c1-2-5-3-4-1;2-1(3)5-4;2-1(3)4/h1-3H,(H,4,5);4H2,(H4,2,3,5);(H2,2,3,4). The molecule has 80 valence electrons. The Morgan fingerprint density at radius 2 is 2.00 bits per heavy atom. The highest BCUT2D eigenvalue weighted by atomic mass is 16.6. The van der Waals surface area contributed by atoms with Gasteiger partial charge >= 0.3 is 6.16 Å². The molecule has 9 N–H and O–H groups in total. The third-order valence-corrected chi connectivity index (χ3v) is 0.561. The summed E-state index contributed by atoms with van der Waals surface area (Å²) in [6.07, 6.45) is 3.25. The first-order valence-corrected chi connectivity index (χ1v) is 3.16. The van der Waals surface area contributed by atoms with Crippen molar-refractivity contribution in [2.45, 2.75) is 0 Å². The van der Waals surface area contributed by atoms with Crippen molar-refractivity contribution in [3.8, 4) is 0 Å². The van der Waals surface area contributed by atoms with Crippen LogP contribution in [-0.4, -0.2) is 32.3 Å². The van der Waals surface area contributed by atoms with Crippen molar-refractivity contribution < 1.29 is 15.0 Å². The van der Waals surface area contributed by atoms with E-state index in [0.29, 0.717) is 0 Å². The van der Waals surface area contributed by atoms with E-state index in [-0.39, 0.29) is 5.96 Å². The summed E-state index contributed by atoms with van der Waals surface area (Å²) in [7, 11) is 0. The summed E-state index contributed by atoms with van der Waals surface area (Å²) in [6.45, 7) is 0. The molecule has 0 aliphatic carbocycles. The van der Waals surface area contributed by atoms with Gasteiger partial charge in [0.05, 0.1) is 6.33 Å². The molecule has 9 heteroatoms. The van der Waals surface area contributed by atoms with Gasteiger partial charge in [0.25, 0.3) is 0 Å². The predicted octanol–water partition coefficient (Wildman–Crippen LogP) is -1.02. The van der Waals surface area contributed by atoms with Crippen LogP contribution in [0.1, 0.15) is 0 Å². The Morgan fingerprint density at radius 3 is 2.07 bits per heavy atom. The Balaban J connectivity index is 0. The first kappa shape index (κ1) is 14.2. The molecular formula is C5H12N6O3. The molecule has 1 rings (SSSR count). The van der Waals surface area contributed by atoms with E-state index in [0.717, 1.165) is 0 Å². The molecule has 0 saturated carbocycles. The monoisotopic (exact) mass is 204 g/mol. The van der Waals surface area contributed by atoms with Crippen LogP contribution in [0.15, 0.2) is 18.7 Å². The van der Waals surface area contributed by atoms with E-state index in [2.05, 4.69) is 21.5 Å². The average Bonchev–Trinajstić information content (AvgIpc) is 2.59. The highest BCUT2D eigenvalue weighted by molar-refractivity contribution is 5.73. The number of imidazole rings is 1. The smallest absolute Gasteiger partial charge is 0.450 e. The molecule has 1 heterocycles. The lowest BCUT2D eigenvalue weighted by atomic mass is 11.0. The summed E-state index contributed by atoms with van der Waals surface area (Å²) in [5.74, 6) is 4.35. The van der Waals surface area contributed by atoms with Crippen LogP contribution >= 0.6 is 0 Å². The summed E-state index contributed by atoms with van der Waals surface area (Å²) >= 11 is 0. The molecule has 0 atom stereocenters. The number of aromatic nitrogens is 2. The van der Waals surface area contributed by atoms with Crippen molar-refractivity contribution >= 4 is 12.1 Å². The van der Waals surface area contributed by atoms with E-state index in [9.17, 15) is 0 Å². The van der Waals surface area contributed by atoms with Crippen LogP contribution in [0.3, 0.4) is 0 Å². The number of hydrogen-bond donors (Lipinski definition) is 7. The van der Waals surface area contributed by atoms with Crippen molar-refractivity contribution in [1.29, 1.82) is 5.41 Å². The summed E-state index contributed by atoms with van der Waals surface area (Å²) in [5, 5.41) is 20.2. The van der Waals surface area contributed by atoms with E-state index in [1.54, 1.807) is 18.7 Å². The van der Waals surface area contributed by atoms with Gasteiger partial charge in [-0.15, -0.1) is 0 Å². The van der Waals surface area contributed by atoms with E-state index < -0.39 is 6.16 Å². The van der Waals surface area contributed by atoms with E-state index in [4.69, 9.17) is 20.4 Å². The number of nitrogens with one attached hydrogen (secondary N) is 3. The molecule has 0 radical (unpaired) electrons. The molecule has 0 fully saturated rings. The zero-order valence-corrected chi connectivity index (χ0v) is 7.14. The minimum Gasteiger partial charge on any atom is -0.450 e. The van der Waals surface area contributed by atoms with Crippen LogP contribution in [0.4, 0.5) is 4.79 Å². The van der Waals surface area contributed by atoms with Crippen molar-refractivity contribution in [3.63, 3.8) is 0 Å². The van der Waals surface area contributed by atoms with Gasteiger partial charge in [-0.1, -0.05) is 0 Å². The van der Waals surface area contributed by atoms with E-state index in [1.807, 2.05) is 5.43 Å². The number of carboxylic acid groups (broad SMARTS) is 2. The molecule has 0 amide bonds. The molecule has 0 bridgehead atoms. The molecule has 1 aromatic heterocycles. The Morgan fingerprint density at radius 1 is 1.57 bits per heavy atom. The second kappa shape index (κ2) is 10.7. The van der Waals surface area contributed by atoms with Crippen molar-refractivity contribution in [2.75, 3.05) is 0 Å². The van der Waals surface area contributed by atoms with Gasteiger partial charge in [0.1, 0.15) is 0 Å². The predicted molar refractivity (Wildman–Crippen MR) is 48.5 cm³/mol. The number of nitrogens with zero attached hydrogens (tertiary/aromatic N) is 1. The molecule has 1 aromatic rings. The number of rotatable bonds is 0. The fourth-order valence-electron chi connectivity index (χ4n) is 0.215. The largest absolute Gasteiger partial charge is 0.503 e. The van der Waals surface area contributed by atoms with Crippen LogP contribution in [0.2, 0.25) is 0 Å². The topological polar surface area (TPSA) is 174 Å². The Kier molecular flexibility index (Phi) is 10.9. The highest BCUT2D eigenvalue weighted by Crippen LogP contribution is 1.62. The van der Waals surface area contributed by atoms with Crippen LogP contribution in [0.5, 0.6) is 0 Å². The first-order valence-electron chi connectivity index (χ1n) is 3.16. The molecule has 0 aromatic carbocycles. The summed E-state index contributed by atoms with van der Waals surface area (Å²) in [4.78, 5) is 15.0. The highest BCUT2D eigenvalue weighted by Gasteiger charge is 1.70. The molecule has 0 saturated heterocycles. The first-order chi connectivity index (χ1) is 6.50. The second-order valence-electron chi connectivity index (χ2n) is 1.60. The van der Waals surface area contributed by atoms with E-state index >= 15 is 0 Å². The number of aromatic amines is 1. The lowest BCUT2D eigenvalue weighted by molar-refractivity contribution is 0.137. The zero-order chi connectivity index (χ0) is 11.4. The number of hydrazine groups is 1. The number of carbonyl (C=O) groups is 1. The van der Waals surface area contributed by atoms with Crippen LogP contribution in [0.25, 0.3) is 0 Å². The lowest BCUT2D eigenvalue weighted by Gasteiger charge is -1.85. The molecule has 0 unspecified atom stereocenters. The van der Waals surface area contributed by atoms with Gasteiger partial charge < -0.3 is 20.9 Å². The van der Waals surface area contributed by atoms with Crippen LogP contribution in [-0.2, 0) is 0 Å². The maximum atomic E-state index is 8.56. The van der Waals surface area contributed by atoms with Crippen molar-refractivity contribution in [2.24, 2.45) is 11.6 Å². The third-order valence-electron chi connectivity index (χ3n) is 0.561. The van der Waals surface area contributed by atoms with Crippen molar-refractivity contribution in [3.05, 3.63) is 18.7 Å². The van der Waals surface area contributed by atoms with Gasteiger partial charge in [-0.05, 0) is 0 Å². The summed E-state index contributed by atoms with van der Waals surface area (Å²) < 4.78 is 0. The molecular weight excluding hydrogens is 192 g/mol. The maximum absolute atomic E-state index is 8.56. The number of nitrogens with two attached hydrogens (primary N) is 2. The van der Waals surface area contributed by atoms with Crippen molar-refractivity contribution in [1.82, 2.24) is 15.4 Å². The molecule has 0 aliphatic heterocycles. The number of H-pyrrole nitrogens is 1. The van der Waals surface area contributed by atoms with E-state index in [1.165, 1.54) is 0 Å². The van der Waals surface area contributed by atoms with Gasteiger partial charge in [0.15, 0.2) is 5.96 Å². The van der Waals surface area contributed by atoms with Gasteiger partial charge in [-0.3, -0.25) is 10.8 Å². The zero-order valence-electron chi connectivity index (χ0n) is 7.14. The minimum atomic E-state index is -1.83. The van der Waals surface area contributed by atoms with Gasteiger partial charge in [0, 0.05) is 12.4 Å².